The number of ether oxygens (including phenoxy) is 2. The van der Waals surface area contributed by atoms with Crippen molar-refractivity contribution in [1.82, 2.24) is 20.0 Å². The number of hydrogen-bond donors (Lipinski definition) is 0. The van der Waals surface area contributed by atoms with Gasteiger partial charge in [-0.15, -0.1) is 10.2 Å². The van der Waals surface area contributed by atoms with Crippen molar-refractivity contribution < 1.29 is 19.1 Å². The third-order valence-corrected chi connectivity index (χ3v) is 5.97. The molecule has 0 N–H and O–H groups in total. The number of carbonyl (C=O) groups is 2. The van der Waals surface area contributed by atoms with E-state index in [-0.39, 0.29) is 29.9 Å². The Kier molecular flexibility index (Phi) is 5.84. The Hall–Kier alpha value is -2.42. The van der Waals surface area contributed by atoms with Crippen molar-refractivity contribution in [2.24, 2.45) is 5.92 Å². The first kappa shape index (κ1) is 19.9. The maximum atomic E-state index is 13.0. The van der Waals surface area contributed by atoms with Crippen LogP contribution in [0.3, 0.4) is 0 Å². The van der Waals surface area contributed by atoms with Crippen molar-refractivity contribution in [3.63, 3.8) is 0 Å². The largest absolute Gasteiger partial charge is 0.471 e. The Bertz CT molecular complexity index is 735. The number of carbonyl (C=O) groups excluding carboxylic acids is 2. The lowest BCUT2D eigenvalue weighted by Gasteiger charge is -2.31. The third kappa shape index (κ3) is 4.44. The minimum atomic E-state index is -0.247. The highest BCUT2D eigenvalue weighted by atomic mass is 16.5. The Labute approximate surface area is 170 Å². The molecule has 158 valence electrons. The van der Waals surface area contributed by atoms with Gasteiger partial charge in [-0.3, -0.25) is 9.59 Å². The lowest BCUT2D eigenvalue weighted by atomic mass is 10.1. The van der Waals surface area contributed by atoms with E-state index in [0.717, 1.165) is 25.1 Å². The second-order valence-electron chi connectivity index (χ2n) is 8.23. The zero-order valence-electron chi connectivity index (χ0n) is 17.1. The molecule has 3 aliphatic heterocycles. The second kappa shape index (κ2) is 8.52. The van der Waals surface area contributed by atoms with E-state index >= 15 is 0 Å². The average Bonchev–Trinajstić information content (AvgIpc) is 3.35. The molecule has 3 saturated heterocycles. The summed E-state index contributed by atoms with van der Waals surface area (Å²) in [6.07, 6.45) is 2.70. The fourth-order valence-corrected chi connectivity index (χ4v) is 4.31. The predicted molar refractivity (Wildman–Crippen MR) is 106 cm³/mol. The summed E-state index contributed by atoms with van der Waals surface area (Å²) in [6, 6.07) is 3.87. The predicted octanol–water partition coefficient (Wildman–Crippen LogP) is 0.550. The van der Waals surface area contributed by atoms with Crippen LogP contribution in [0.4, 0.5) is 5.82 Å². The van der Waals surface area contributed by atoms with Gasteiger partial charge in [-0.2, -0.15) is 0 Å². The standard InChI is InChI=1S/C20H29N5O4/c1-23(2)17-3-4-18(22-21-17)29-16-5-8-24(13-16)20(27)14-11-19(26)25(12-14)15-6-9-28-10-7-15/h3-4,14-16H,5-13H2,1-2H3. The van der Waals surface area contributed by atoms with Gasteiger partial charge in [0.1, 0.15) is 6.10 Å². The van der Waals surface area contributed by atoms with Crippen LogP contribution in [0.2, 0.25) is 0 Å². The maximum absolute atomic E-state index is 13.0. The molecule has 4 heterocycles. The normalized spacial score (nSPS) is 25.5. The van der Waals surface area contributed by atoms with Crippen LogP contribution < -0.4 is 9.64 Å². The van der Waals surface area contributed by atoms with Gasteiger partial charge in [0.15, 0.2) is 5.82 Å². The smallest absolute Gasteiger partial charge is 0.233 e. The summed E-state index contributed by atoms with van der Waals surface area (Å²) in [6.45, 7) is 3.08. The van der Waals surface area contributed by atoms with Gasteiger partial charge >= 0.3 is 0 Å². The lowest BCUT2D eigenvalue weighted by molar-refractivity contribution is -0.135. The summed E-state index contributed by atoms with van der Waals surface area (Å²) in [5.74, 6) is 1.15. The summed E-state index contributed by atoms with van der Waals surface area (Å²) < 4.78 is 11.3. The Morgan fingerprint density at radius 3 is 2.66 bits per heavy atom. The van der Waals surface area contributed by atoms with Crippen molar-refractivity contribution >= 4 is 17.6 Å². The van der Waals surface area contributed by atoms with Crippen molar-refractivity contribution in [3.05, 3.63) is 12.1 Å². The fraction of sp³-hybridized carbons (Fsp3) is 0.700. The van der Waals surface area contributed by atoms with Crippen LogP contribution in [0.5, 0.6) is 5.88 Å². The topological polar surface area (TPSA) is 88.1 Å². The zero-order valence-corrected chi connectivity index (χ0v) is 17.1. The number of rotatable bonds is 5. The number of hydrogen-bond acceptors (Lipinski definition) is 7. The molecule has 2 atom stereocenters. The van der Waals surface area contributed by atoms with E-state index in [1.165, 1.54) is 0 Å². The summed E-state index contributed by atoms with van der Waals surface area (Å²) in [5.41, 5.74) is 0. The number of amides is 2. The minimum absolute atomic E-state index is 0.0630. The molecule has 1 aromatic heterocycles. The first-order chi connectivity index (χ1) is 14.0. The van der Waals surface area contributed by atoms with E-state index in [0.29, 0.717) is 45.1 Å². The molecule has 4 rings (SSSR count). The van der Waals surface area contributed by atoms with Gasteiger partial charge in [0.05, 0.1) is 12.5 Å². The van der Waals surface area contributed by atoms with Crippen LogP contribution >= 0.6 is 0 Å². The Balaban J connectivity index is 1.29. The van der Waals surface area contributed by atoms with Crippen LogP contribution in [0.25, 0.3) is 0 Å². The average molecular weight is 403 g/mol. The molecule has 0 radical (unpaired) electrons. The molecule has 9 heteroatoms. The number of anilines is 1. The minimum Gasteiger partial charge on any atom is -0.471 e. The highest BCUT2D eigenvalue weighted by Gasteiger charge is 2.41. The van der Waals surface area contributed by atoms with E-state index in [2.05, 4.69) is 10.2 Å². The summed E-state index contributed by atoms with van der Waals surface area (Å²) in [5, 5.41) is 8.22. The van der Waals surface area contributed by atoms with Crippen molar-refractivity contribution in [1.29, 1.82) is 0 Å². The fourth-order valence-electron chi connectivity index (χ4n) is 4.31. The van der Waals surface area contributed by atoms with Gasteiger partial charge in [-0.05, 0) is 18.9 Å². The first-order valence-electron chi connectivity index (χ1n) is 10.3. The quantitative estimate of drug-likeness (QED) is 0.709. The summed E-state index contributed by atoms with van der Waals surface area (Å²) in [4.78, 5) is 31.0. The van der Waals surface area contributed by atoms with E-state index in [9.17, 15) is 9.59 Å². The lowest BCUT2D eigenvalue weighted by Crippen LogP contribution is -2.42. The van der Waals surface area contributed by atoms with Crippen molar-refractivity contribution in [2.75, 3.05) is 51.8 Å². The van der Waals surface area contributed by atoms with Crippen molar-refractivity contribution in [3.8, 4) is 5.88 Å². The first-order valence-corrected chi connectivity index (χ1v) is 10.3. The third-order valence-electron chi connectivity index (χ3n) is 5.97. The van der Waals surface area contributed by atoms with Crippen molar-refractivity contribution in [2.45, 2.75) is 37.8 Å². The van der Waals surface area contributed by atoms with E-state index < -0.39 is 0 Å². The molecular weight excluding hydrogens is 374 g/mol. The van der Waals surface area contributed by atoms with Crippen LogP contribution in [-0.4, -0.2) is 90.9 Å². The van der Waals surface area contributed by atoms with Gasteiger partial charge in [-0.1, -0.05) is 0 Å². The monoisotopic (exact) mass is 403 g/mol. The van der Waals surface area contributed by atoms with Crippen LogP contribution in [0.15, 0.2) is 12.1 Å². The van der Waals surface area contributed by atoms with Gasteiger partial charge in [0.25, 0.3) is 0 Å². The highest BCUT2D eigenvalue weighted by molar-refractivity contribution is 5.89. The van der Waals surface area contributed by atoms with Gasteiger partial charge in [0.2, 0.25) is 17.7 Å². The molecule has 0 spiro atoms. The molecule has 9 nitrogen and oxygen atoms in total. The molecule has 1 aromatic rings. The molecular formula is C20H29N5O4. The number of nitrogens with zero attached hydrogens (tertiary/aromatic N) is 5. The highest BCUT2D eigenvalue weighted by Crippen LogP contribution is 2.28. The van der Waals surface area contributed by atoms with Gasteiger partial charge in [0, 0.05) is 65.3 Å². The van der Waals surface area contributed by atoms with Gasteiger partial charge in [-0.25, -0.2) is 0 Å². The summed E-state index contributed by atoms with van der Waals surface area (Å²) in [7, 11) is 3.81. The van der Waals surface area contributed by atoms with Crippen LogP contribution in [-0.2, 0) is 14.3 Å². The molecule has 0 saturated carbocycles. The van der Waals surface area contributed by atoms with Crippen LogP contribution in [0, 0.1) is 5.92 Å². The van der Waals surface area contributed by atoms with E-state index in [1.807, 2.05) is 34.9 Å². The molecule has 0 aliphatic carbocycles. The molecule has 2 amide bonds. The zero-order chi connectivity index (χ0) is 20.4. The number of aromatic nitrogens is 2. The second-order valence-corrected chi connectivity index (χ2v) is 8.23. The maximum Gasteiger partial charge on any atom is 0.233 e. The van der Waals surface area contributed by atoms with Gasteiger partial charge < -0.3 is 24.2 Å². The van der Waals surface area contributed by atoms with E-state index in [4.69, 9.17) is 9.47 Å². The molecule has 3 aliphatic rings. The molecule has 0 aromatic carbocycles. The molecule has 0 bridgehead atoms. The molecule has 3 fully saturated rings. The molecule has 29 heavy (non-hydrogen) atoms. The Morgan fingerprint density at radius 2 is 1.97 bits per heavy atom. The SMILES string of the molecule is CN(C)c1ccc(OC2CCN(C(=O)C3CC(=O)N(C4CCOCC4)C3)C2)nn1. The van der Waals surface area contributed by atoms with E-state index in [1.54, 1.807) is 6.07 Å². The Morgan fingerprint density at radius 1 is 1.17 bits per heavy atom. The summed E-state index contributed by atoms with van der Waals surface area (Å²) >= 11 is 0. The number of likely N-dealkylation sites (tertiary alicyclic amines) is 2. The molecule has 2 unspecified atom stereocenters. The van der Waals surface area contributed by atoms with Crippen LogP contribution in [0.1, 0.15) is 25.7 Å².